The zero-order chi connectivity index (χ0) is 15.0. The molecule has 1 amide bonds. The van der Waals surface area contributed by atoms with Crippen molar-refractivity contribution in [2.75, 3.05) is 5.73 Å². The summed E-state index contributed by atoms with van der Waals surface area (Å²) in [6.45, 7) is 0. The monoisotopic (exact) mass is 319 g/mol. The molecule has 21 heavy (non-hydrogen) atoms. The summed E-state index contributed by atoms with van der Waals surface area (Å²) in [4.78, 5) is 16.4. The Labute approximate surface area is 129 Å². The Hall–Kier alpha value is -2.31. The van der Waals surface area contributed by atoms with Crippen molar-refractivity contribution < 1.29 is 9.53 Å². The summed E-state index contributed by atoms with van der Waals surface area (Å²) in [6, 6.07) is 8.75. The molecule has 3 rings (SSSR count). The summed E-state index contributed by atoms with van der Waals surface area (Å²) in [5.41, 5.74) is 11.6. The molecule has 2 heterocycles. The number of nitrogens with two attached hydrogens (primary N) is 2. The molecule has 0 aliphatic rings. The van der Waals surface area contributed by atoms with Gasteiger partial charge in [-0.05, 0) is 18.2 Å². The molecule has 0 fully saturated rings. The van der Waals surface area contributed by atoms with Gasteiger partial charge in [-0.3, -0.25) is 4.79 Å². The summed E-state index contributed by atoms with van der Waals surface area (Å²) in [6.07, 6.45) is 1.58. The first-order valence-electron chi connectivity index (χ1n) is 5.97. The van der Waals surface area contributed by atoms with E-state index in [4.69, 9.17) is 27.8 Å². The fourth-order valence-electron chi connectivity index (χ4n) is 1.93. The highest BCUT2D eigenvalue weighted by Gasteiger charge is 2.18. The SMILES string of the molecule is NC(=O)c1sc2nccc(Oc3ccccc3Cl)c2c1N. The predicted molar refractivity (Wildman–Crippen MR) is 84.1 cm³/mol. The van der Waals surface area contributed by atoms with Crippen LogP contribution in [0.25, 0.3) is 10.2 Å². The van der Waals surface area contributed by atoms with Crippen molar-refractivity contribution in [3.63, 3.8) is 0 Å². The lowest BCUT2D eigenvalue weighted by Crippen LogP contribution is -2.10. The van der Waals surface area contributed by atoms with E-state index in [1.807, 2.05) is 12.1 Å². The first-order valence-corrected chi connectivity index (χ1v) is 7.16. The molecule has 0 radical (unpaired) electrons. The fraction of sp³-hybridized carbons (Fsp3) is 0. The summed E-state index contributed by atoms with van der Waals surface area (Å²) in [5.74, 6) is 0.395. The van der Waals surface area contributed by atoms with Crippen molar-refractivity contribution in [2.24, 2.45) is 5.73 Å². The zero-order valence-electron chi connectivity index (χ0n) is 10.7. The second-order valence-corrected chi connectivity index (χ2v) is 5.64. The van der Waals surface area contributed by atoms with Gasteiger partial charge in [0.15, 0.2) is 0 Å². The second-order valence-electron chi connectivity index (χ2n) is 4.23. The number of para-hydroxylation sites is 1. The Morgan fingerprint density at radius 2 is 2.00 bits per heavy atom. The summed E-state index contributed by atoms with van der Waals surface area (Å²) in [5, 5.41) is 1.04. The number of primary amides is 1. The Morgan fingerprint density at radius 1 is 1.24 bits per heavy atom. The number of rotatable bonds is 3. The molecule has 0 bridgehead atoms. The van der Waals surface area contributed by atoms with Gasteiger partial charge in [0.25, 0.3) is 5.91 Å². The van der Waals surface area contributed by atoms with Crippen molar-refractivity contribution in [2.45, 2.75) is 0 Å². The molecule has 0 saturated heterocycles. The molecule has 0 atom stereocenters. The third kappa shape index (κ3) is 2.39. The summed E-state index contributed by atoms with van der Waals surface area (Å²) < 4.78 is 5.80. The maximum atomic E-state index is 11.4. The smallest absolute Gasteiger partial charge is 0.260 e. The minimum absolute atomic E-state index is 0.271. The molecule has 0 aliphatic carbocycles. The lowest BCUT2D eigenvalue weighted by Gasteiger charge is -2.08. The Kier molecular flexibility index (Phi) is 3.40. The molecule has 4 N–H and O–H groups in total. The molecule has 3 aromatic rings. The molecule has 7 heteroatoms. The highest BCUT2D eigenvalue weighted by Crippen LogP contribution is 2.40. The quantitative estimate of drug-likeness (QED) is 0.773. The van der Waals surface area contributed by atoms with Crippen LogP contribution >= 0.6 is 22.9 Å². The number of carbonyl (C=O) groups excluding carboxylic acids is 1. The van der Waals surface area contributed by atoms with Crippen LogP contribution in [0.3, 0.4) is 0 Å². The number of carbonyl (C=O) groups is 1. The van der Waals surface area contributed by atoms with Crippen molar-refractivity contribution in [3.05, 3.63) is 46.4 Å². The molecular formula is C14H10ClN3O2S. The molecule has 0 spiro atoms. The van der Waals surface area contributed by atoms with Gasteiger partial charge in [0.05, 0.1) is 16.1 Å². The van der Waals surface area contributed by atoms with E-state index in [1.54, 1.807) is 24.4 Å². The Balaban J connectivity index is 2.15. The number of hydrogen-bond acceptors (Lipinski definition) is 5. The van der Waals surface area contributed by atoms with Gasteiger partial charge in [0.1, 0.15) is 21.2 Å². The number of aromatic nitrogens is 1. The van der Waals surface area contributed by atoms with Gasteiger partial charge in [-0.25, -0.2) is 4.98 Å². The van der Waals surface area contributed by atoms with Gasteiger partial charge in [0, 0.05) is 6.20 Å². The average Bonchev–Trinajstić information content (AvgIpc) is 2.80. The van der Waals surface area contributed by atoms with E-state index in [0.29, 0.717) is 26.7 Å². The number of fused-ring (bicyclic) bond motifs is 1. The maximum Gasteiger partial charge on any atom is 0.260 e. The average molecular weight is 320 g/mol. The third-order valence-corrected chi connectivity index (χ3v) is 4.31. The first kappa shape index (κ1) is 13.7. The van der Waals surface area contributed by atoms with Crippen molar-refractivity contribution in [1.29, 1.82) is 0 Å². The number of hydrogen-bond donors (Lipinski definition) is 2. The number of thiophene rings is 1. The van der Waals surface area contributed by atoms with Crippen LogP contribution in [0, 0.1) is 0 Å². The van der Waals surface area contributed by atoms with Crippen LogP contribution in [0.5, 0.6) is 11.5 Å². The Morgan fingerprint density at radius 3 is 2.71 bits per heavy atom. The molecule has 2 aromatic heterocycles. The van der Waals surface area contributed by atoms with E-state index in [9.17, 15) is 4.79 Å². The van der Waals surface area contributed by atoms with Crippen molar-refractivity contribution in [3.8, 4) is 11.5 Å². The number of nitrogens with zero attached hydrogens (tertiary/aromatic N) is 1. The molecule has 0 aliphatic heterocycles. The topological polar surface area (TPSA) is 91.2 Å². The van der Waals surface area contributed by atoms with Gasteiger partial charge in [-0.2, -0.15) is 0 Å². The molecule has 106 valence electrons. The zero-order valence-corrected chi connectivity index (χ0v) is 12.2. The molecule has 0 saturated carbocycles. The van der Waals surface area contributed by atoms with E-state index in [-0.39, 0.29) is 10.6 Å². The molecule has 1 aromatic carbocycles. The van der Waals surface area contributed by atoms with Crippen LogP contribution in [0.2, 0.25) is 5.02 Å². The van der Waals surface area contributed by atoms with Crippen LogP contribution in [0.4, 0.5) is 5.69 Å². The molecule has 5 nitrogen and oxygen atoms in total. The van der Waals surface area contributed by atoms with Gasteiger partial charge >= 0.3 is 0 Å². The van der Waals surface area contributed by atoms with E-state index < -0.39 is 5.91 Å². The molecule has 0 unspecified atom stereocenters. The van der Waals surface area contributed by atoms with Crippen LogP contribution < -0.4 is 16.2 Å². The minimum Gasteiger partial charge on any atom is -0.455 e. The number of halogens is 1. The predicted octanol–water partition coefficient (Wildman–Crippen LogP) is 3.42. The van der Waals surface area contributed by atoms with Crippen LogP contribution in [0.15, 0.2) is 36.5 Å². The van der Waals surface area contributed by atoms with E-state index >= 15 is 0 Å². The lowest BCUT2D eigenvalue weighted by atomic mass is 10.2. The maximum absolute atomic E-state index is 11.4. The third-order valence-electron chi connectivity index (χ3n) is 2.87. The fourth-order valence-corrected chi connectivity index (χ4v) is 3.04. The van der Waals surface area contributed by atoms with Gasteiger partial charge < -0.3 is 16.2 Å². The van der Waals surface area contributed by atoms with Crippen LogP contribution in [-0.4, -0.2) is 10.9 Å². The normalized spacial score (nSPS) is 10.7. The van der Waals surface area contributed by atoms with Crippen molar-refractivity contribution >= 4 is 44.7 Å². The second kappa shape index (κ2) is 5.23. The number of ether oxygens (including phenoxy) is 1. The van der Waals surface area contributed by atoms with E-state index in [1.165, 1.54) is 0 Å². The lowest BCUT2D eigenvalue weighted by molar-refractivity contribution is 0.100. The number of amides is 1. The largest absolute Gasteiger partial charge is 0.455 e. The summed E-state index contributed by atoms with van der Waals surface area (Å²) in [7, 11) is 0. The highest BCUT2D eigenvalue weighted by atomic mass is 35.5. The van der Waals surface area contributed by atoms with Gasteiger partial charge in [-0.1, -0.05) is 23.7 Å². The first-order chi connectivity index (χ1) is 10.1. The van der Waals surface area contributed by atoms with Gasteiger partial charge in [-0.15, -0.1) is 11.3 Å². The Bertz CT molecular complexity index is 847. The van der Waals surface area contributed by atoms with Crippen LogP contribution in [0.1, 0.15) is 9.67 Å². The van der Waals surface area contributed by atoms with E-state index in [0.717, 1.165) is 11.3 Å². The minimum atomic E-state index is -0.584. The number of pyridine rings is 1. The van der Waals surface area contributed by atoms with Crippen molar-refractivity contribution in [1.82, 2.24) is 4.98 Å². The van der Waals surface area contributed by atoms with Crippen LogP contribution in [-0.2, 0) is 0 Å². The number of nitrogen functional groups attached to an aromatic ring is 1. The number of benzene rings is 1. The van der Waals surface area contributed by atoms with E-state index in [2.05, 4.69) is 4.98 Å². The highest BCUT2D eigenvalue weighted by molar-refractivity contribution is 7.21. The standard InChI is InChI=1S/C14H10ClN3O2S/c15-7-3-1-2-4-8(7)20-9-5-6-18-14-10(9)11(16)12(21-14)13(17)19/h1-6H,16H2,(H2,17,19). The van der Waals surface area contributed by atoms with Gasteiger partial charge in [0.2, 0.25) is 0 Å². The summed E-state index contributed by atoms with van der Waals surface area (Å²) >= 11 is 7.21. The number of anilines is 1. The molecular weight excluding hydrogens is 310 g/mol.